The molecule has 0 radical (unpaired) electrons. The average Bonchev–Trinajstić information content (AvgIpc) is 2.38. The smallest absolute Gasteiger partial charge is 0.305 e. The van der Waals surface area contributed by atoms with Crippen LogP contribution in [0.3, 0.4) is 0 Å². The summed E-state index contributed by atoms with van der Waals surface area (Å²) >= 11 is 0. The molecule has 0 amide bonds. The van der Waals surface area contributed by atoms with Gasteiger partial charge in [0.15, 0.2) is 0 Å². The highest BCUT2D eigenvalue weighted by Gasteiger charge is 2.06. The fourth-order valence-corrected chi connectivity index (χ4v) is 1.70. The summed E-state index contributed by atoms with van der Waals surface area (Å²) < 4.78 is 5.13. The molecule has 0 unspecified atom stereocenters. The van der Waals surface area contributed by atoms with Gasteiger partial charge in [0.1, 0.15) is 11.6 Å². The summed E-state index contributed by atoms with van der Waals surface area (Å²) in [5.41, 5.74) is 2.22. The van der Waals surface area contributed by atoms with Crippen molar-refractivity contribution in [2.45, 2.75) is 13.3 Å². The summed E-state index contributed by atoms with van der Waals surface area (Å²) in [6.45, 7) is 2.15. The molecule has 1 heterocycles. The first-order valence-corrected chi connectivity index (χ1v) is 5.88. The molecule has 0 bridgehead atoms. The van der Waals surface area contributed by atoms with Crippen LogP contribution in [0.15, 0.2) is 18.2 Å². The number of nitrogens with zero attached hydrogens (tertiary/aromatic N) is 2. The highest BCUT2D eigenvalue weighted by molar-refractivity contribution is 5.78. The van der Waals surface area contributed by atoms with Gasteiger partial charge in [0.2, 0.25) is 0 Å². The number of methoxy groups -OCH3 is 1. The topological polar surface area (TPSA) is 84.3 Å². The summed E-state index contributed by atoms with van der Waals surface area (Å²) in [6, 6.07) is 5.45. The van der Waals surface area contributed by atoms with E-state index in [-0.39, 0.29) is 6.42 Å². The Morgan fingerprint density at radius 3 is 2.84 bits per heavy atom. The number of benzene rings is 1. The highest BCUT2D eigenvalue weighted by atomic mass is 16.5. The maximum Gasteiger partial charge on any atom is 0.305 e. The Hall–Kier alpha value is -2.37. The number of carboxylic acids is 1. The van der Waals surface area contributed by atoms with Crippen LogP contribution < -0.4 is 10.1 Å². The molecule has 100 valence electrons. The van der Waals surface area contributed by atoms with Crippen LogP contribution in [0.4, 0.5) is 5.82 Å². The number of rotatable bonds is 5. The SMILES string of the molecule is COc1ccc2nc(NCCC(=O)O)c(C)nc2c1. The van der Waals surface area contributed by atoms with E-state index in [0.717, 1.165) is 22.5 Å². The van der Waals surface area contributed by atoms with Crippen LogP contribution in [0.5, 0.6) is 5.75 Å². The molecular formula is C13H15N3O3. The van der Waals surface area contributed by atoms with E-state index in [0.29, 0.717) is 12.4 Å². The molecule has 1 aromatic carbocycles. The Kier molecular flexibility index (Phi) is 3.79. The Balaban J connectivity index is 2.26. The lowest BCUT2D eigenvalue weighted by Gasteiger charge is -2.09. The summed E-state index contributed by atoms with van der Waals surface area (Å²) in [6.07, 6.45) is 0.0434. The predicted octanol–water partition coefficient (Wildman–Crippen LogP) is 1.83. The molecule has 6 heteroatoms. The lowest BCUT2D eigenvalue weighted by molar-refractivity contribution is -0.136. The molecule has 1 aromatic heterocycles. The average molecular weight is 261 g/mol. The molecule has 0 saturated heterocycles. The van der Waals surface area contributed by atoms with Gasteiger partial charge in [0, 0.05) is 12.6 Å². The third kappa shape index (κ3) is 3.09. The molecule has 0 spiro atoms. The number of carboxylic acid groups (broad SMARTS) is 1. The van der Waals surface area contributed by atoms with Crippen LogP contribution in [-0.2, 0) is 4.79 Å². The maximum atomic E-state index is 10.5. The molecule has 19 heavy (non-hydrogen) atoms. The second-order valence-corrected chi connectivity index (χ2v) is 4.08. The molecule has 0 fully saturated rings. The molecule has 6 nitrogen and oxygen atoms in total. The second-order valence-electron chi connectivity index (χ2n) is 4.08. The van der Waals surface area contributed by atoms with Crippen molar-refractivity contribution in [2.24, 2.45) is 0 Å². The molecule has 0 atom stereocenters. The maximum absolute atomic E-state index is 10.5. The number of hydrogen-bond acceptors (Lipinski definition) is 5. The fourth-order valence-electron chi connectivity index (χ4n) is 1.70. The van der Waals surface area contributed by atoms with Crippen molar-refractivity contribution in [3.05, 3.63) is 23.9 Å². The number of nitrogens with one attached hydrogen (secondary N) is 1. The van der Waals surface area contributed by atoms with E-state index in [2.05, 4.69) is 15.3 Å². The molecule has 0 aliphatic carbocycles. The van der Waals surface area contributed by atoms with Gasteiger partial charge in [-0.05, 0) is 19.1 Å². The second kappa shape index (κ2) is 5.51. The fraction of sp³-hybridized carbons (Fsp3) is 0.308. The van der Waals surface area contributed by atoms with Crippen LogP contribution in [0.2, 0.25) is 0 Å². The van der Waals surface area contributed by atoms with Crippen molar-refractivity contribution in [1.29, 1.82) is 0 Å². The number of hydrogen-bond donors (Lipinski definition) is 2. The zero-order valence-corrected chi connectivity index (χ0v) is 10.8. The lowest BCUT2D eigenvalue weighted by atomic mass is 10.2. The number of aliphatic carboxylic acids is 1. The summed E-state index contributed by atoms with van der Waals surface area (Å²) in [5, 5.41) is 11.6. The van der Waals surface area contributed by atoms with E-state index >= 15 is 0 Å². The predicted molar refractivity (Wildman–Crippen MR) is 71.6 cm³/mol. The Morgan fingerprint density at radius 2 is 2.16 bits per heavy atom. The van der Waals surface area contributed by atoms with Crippen molar-refractivity contribution in [3.8, 4) is 5.75 Å². The molecule has 0 aliphatic heterocycles. The van der Waals surface area contributed by atoms with E-state index < -0.39 is 5.97 Å². The molecule has 0 saturated carbocycles. The number of fused-ring (bicyclic) bond motifs is 1. The monoisotopic (exact) mass is 261 g/mol. The molecule has 2 N–H and O–H groups in total. The Morgan fingerprint density at radius 1 is 1.37 bits per heavy atom. The first-order valence-electron chi connectivity index (χ1n) is 5.88. The van der Waals surface area contributed by atoms with Gasteiger partial charge in [-0.1, -0.05) is 0 Å². The number of carbonyl (C=O) groups is 1. The van der Waals surface area contributed by atoms with E-state index in [1.807, 2.05) is 25.1 Å². The van der Waals surface area contributed by atoms with Gasteiger partial charge in [-0.25, -0.2) is 9.97 Å². The van der Waals surface area contributed by atoms with Crippen LogP contribution in [0, 0.1) is 6.92 Å². The van der Waals surface area contributed by atoms with Crippen molar-refractivity contribution in [3.63, 3.8) is 0 Å². The van der Waals surface area contributed by atoms with Crippen molar-refractivity contribution in [2.75, 3.05) is 19.0 Å². The summed E-state index contributed by atoms with van der Waals surface area (Å²) in [4.78, 5) is 19.3. The minimum Gasteiger partial charge on any atom is -0.497 e. The number of anilines is 1. The molecule has 2 aromatic rings. The van der Waals surface area contributed by atoms with Crippen LogP contribution in [0.1, 0.15) is 12.1 Å². The Labute approximate surface area is 110 Å². The number of aromatic nitrogens is 2. The third-order valence-corrected chi connectivity index (χ3v) is 2.68. The van der Waals surface area contributed by atoms with Gasteiger partial charge in [-0.15, -0.1) is 0 Å². The van der Waals surface area contributed by atoms with E-state index in [1.165, 1.54) is 0 Å². The third-order valence-electron chi connectivity index (χ3n) is 2.68. The zero-order chi connectivity index (χ0) is 13.8. The minimum absolute atomic E-state index is 0.0434. The van der Waals surface area contributed by atoms with Crippen molar-refractivity contribution in [1.82, 2.24) is 9.97 Å². The van der Waals surface area contributed by atoms with Gasteiger partial charge in [0.25, 0.3) is 0 Å². The van der Waals surface area contributed by atoms with Gasteiger partial charge >= 0.3 is 5.97 Å². The van der Waals surface area contributed by atoms with E-state index in [1.54, 1.807) is 7.11 Å². The van der Waals surface area contributed by atoms with Gasteiger partial charge in [-0.2, -0.15) is 0 Å². The normalized spacial score (nSPS) is 10.4. The lowest BCUT2D eigenvalue weighted by Crippen LogP contribution is -2.10. The van der Waals surface area contributed by atoms with E-state index in [9.17, 15) is 4.79 Å². The standard InChI is InChI=1S/C13H15N3O3/c1-8-13(14-6-5-12(17)18)16-10-4-3-9(19-2)7-11(10)15-8/h3-4,7H,5-6H2,1-2H3,(H,14,16)(H,17,18). The zero-order valence-electron chi connectivity index (χ0n) is 10.8. The van der Waals surface area contributed by atoms with Gasteiger partial charge in [0.05, 0.1) is 30.3 Å². The van der Waals surface area contributed by atoms with Gasteiger partial charge in [-0.3, -0.25) is 4.79 Å². The minimum atomic E-state index is -0.844. The van der Waals surface area contributed by atoms with Crippen LogP contribution >= 0.6 is 0 Å². The molecule has 2 rings (SSSR count). The molecular weight excluding hydrogens is 246 g/mol. The number of aryl methyl sites for hydroxylation is 1. The molecule has 0 aliphatic rings. The first-order chi connectivity index (χ1) is 9.10. The van der Waals surface area contributed by atoms with Crippen molar-refractivity contribution < 1.29 is 14.6 Å². The van der Waals surface area contributed by atoms with Crippen LogP contribution in [0.25, 0.3) is 11.0 Å². The van der Waals surface area contributed by atoms with E-state index in [4.69, 9.17) is 9.84 Å². The van der Waals surface area contributed by atoms with Crippen molar-refractivity contribution >= 4 is 22.8 Å². The number of ether oxygens (including phenoxy) is 1. The first kappa shape index (κ1) is 13.1. The van der Waals surface area contributed by atoms with Crippen LogP contribution in [-0.4, -0.2) is 34.7 Å². The summed E-state index contributed by atoms with van der Waals surface area (Å²) in [5.74, 6) is 0.496. The Bertz CT molecular complexity index is 613. The van der Waals surface area contributed by atoms with Gasteiger partial charge < -0.3 is 15.2 Å². The highest BCUT2D eigenvalue weighted by Crippen LogP contribution is 2.20. The largest absolute Gasteiger partial charge is 0.497 e. The quantitative estimate of drug-likeness (QED) is 0.854. The summed E-state index contributed by atoms with van der Waals surface area (Å²) in [7, 11) is 1.60.